The monoisotopic (exact) mass is 535 g/mol. The third-order valence-electron chi connectivity index (χ3n) is 5.25. The van der Waals surface area contributed by atoms with Gasteiger partial charge < -0.3 is 47.6 Å². The number of aromatic amines is 2. The number of amides is 4. The van der Waals surface area contributed by atoms with E-state index in [1.165, 1.54) is 25.0 Å². The number of primary amides is 1. The van der Waals surface area contributed by atoms with Gasteiger partial charge in [-0.1, -0.05) is 0 Å². The van der Waals surface area contributed by atoms with Crippen LogP contribution in [0.15, 0.2) is 25.0 Å². The summed E-state index contributed by atoms with van der Waals surface area (Å²) >= 11 is 0. The van der Waals surface area contributed by atoms with Crippen molar-refractivity contribution < 1.29 is 39.0 Å². The molecule has 17 nitrogen and oxygen atoms in total. The number of nitrogens with two attached hydrogens (primary N) is 2. The number of carboxylic acid groups (broad SMARTS) is 2. The molecule has 0 aromatic carbocycles. The summed E-state index contributed by atoms with van der Waals surface area (Å²) in [7, 11) is 0. The number of carboxylic acids is 2. The van der Waals surface area contributed by atoms with Gasteiger partial charge in [0.25, 0.3) is 0 Å². The highest BCUT2D eigenvalue weighted by Crippen LogP contribution is 2.05. The first-order chi connectivity index (χ1) is 18.0. The van der Waals surface area contributed by atoms with Crippen LogP contribution in [0.25, 0.3) is 0 Å². The Morgan fingerprint density at radius 3 is 1.84 bits per heavy atom. The van der Waals surface area contributed by atoms with Gasteiger partial charge >= 0.3 is 11.9 Å². The average Bonchev–Trinajstić information content (AvgIpc) is 3.54. The molecule has 4 atom stereocenters. The molecule has 4 amide bonds. The van der Waals surface area contributed by atoms with Crippen LogP contribution in [-0.4, -0.2) is 89.9 Å². The molecule has 0 aliphatic heterocycles. The van der Waals surface area contributed by atoms with Crippen LogP contribution in [0.3, 0.4) is 0 Å². The van der Waals surface area contributed by atoms with E-state index in [4.69, 9.17) is 11.5 Å². The summed E-state index contributed by atoms with van der Waals surface area (Å²) in [5, 5.41) is 25.4. The van der Waals surface area contributed by atoms with Gasteiger partial charge in [0.15, 0.2) is 0 Å². The van der Waals surface area contributed by atoms with Gasteiger partial charge in [-0.3, -0.25) is 24.0 Å². The molecule has 17 heteroatoms. The fourth-order valence-electron chi connectivity index (χ4n) is 3.30. The lowest BCUT2D eigenvalue weighted by molar-refractivity contribution is -0.143. The summed E-state index contributed by atoms with van der Waals surface area (Å²) in [4.78, 5) is 85.6. The van der Waals surface area contributed by atoms with E-state index in [0.717, 1.165) is 0 Å². The molecule has 0 saturated heterocycles. The minimum absolute atomic E-state index is 0.0795. The Labute approximate surface area is 215 Å². The third-order valence-corrected chi connectivity index (χ3v) is 5.25. The van der Waals surface area contributed by atoms with Gasteiger partial charge in [0.1, 0.15) is 18.1 Å². The van der Waals surface area contributed by atoms with Crippen LogP contribution in [0.4, 0.5) is 0 Å². The van der Waals surface area contributed by atoms with Crippen molar-refractivity contribution in [1.29, 1.82) is 0 Å². The molecule has 4 unspecified atom stereocenters. The van der Waals surface area contributed by atoms with Gasteiger partial charge in [-0.15, -0.1) is 0 Å². The van der Waals surface area contributed by atoms with Crippen molar-refractivity contribution in [2.75, 3.05) is 0 Å². The number of hydrogen-bond acceptors (Lipinski definition) is 9. The topological polar surface area (TPSA) is 288 Å². The first-order valence-corrected chi connectivity index (χ1v) is 11.3. The van der Waals surface area contributed by atoms with E-state index in [1.807, 2.05) is 0 Å². The molecule has 38 heavy (non-hydrogen) atoms. The maximum atomic E-state index is 13.1. The fraction of sp³-hybridized carbons (Fsp3) is 0.429. The maximum Gasteiger partial charge on any atom is 0.326 e. The molecular weight excluding hydrogens is 506 g/mol. The molecule has 0 aliphatic rings. The van der Waals surface area contributed by atoms with Crippen molar-refractivity contribution in [2.24, 2.45) is 11.5 Å². The minimum Gasteiger partial charge on any atom is -0.481 e. The Morgan fingerprint density at radius 2 is 1.34 bits per heavy atom. The van der Waals surface area contributed by atoms with Crippen molar-refractivity contribution in [3.8, 4) is 0 Å². The predicted molar refractivity (Wildman–Crippen MR) is 127 cm³/mol. The third kappa shape index (κ3) is 9.69. The van der Waals surface area contributed by atoms with Crippen LogP contribution < -0.4 is 27.4 Å². The van der Waals surface area contributed by atoms with Gasteiger partial charge in [-0.2, -0.15) is 0 Å². The number of aromatic nitrogens is 4. The highest BCUT2D eigenvalue weighted by molar-refractivity contribution is 5.95. The largest absolute Gasteiger partial charge is 0.481 e. The SMILES string of the molecule is NC(=O)CCC(NC(=O)C(CC(=O)O)NC(=O)C(Cc1cnc[nH]1)NC(=O)C(N)Cc1cnc[nH]1)C(=O)O. The summed E-state index contributed by atoms with van der Waals surface area (Å²) in [5.74, 6) is -6.53. The van der Waals surface area contributed by atoms with Crippen LogP contribution in [0.1, 0.15) is 30.7 Å². The number of carbonyl (C=O) groups is 6. The lowest BCUT2D eigenvalue weighted by Gasteiger charge is -2.24. The van der Waals surface area contributed by atoms with Gasteiger partial charge in [-0.25, -0.2) is 14.8 Å². The molecule has 0 bridgehead atoms. The number of hydrogen-bond donors (Lipinski definition) is 9. The minimum atomic E-state index is -1.71. The van der Waals surface area contributed by atoms with Crippen LogP contribution in [0.5, 0.6) is 0 Å². The van der Waals surface area contributed by atoms with Gasteiger partial charge in [-0.05, 0) is 6.42 Å². The first kappa shape index (κ1) is 29.4. The highest BCUT2D eigenvalue weighted by atomic mass is 16.4. The number of imidazole rings is 2. The number of carbonyl (C=O) groups excluding carboxylic acids is 4. The molecule has 206 valence electrons. The van der Waals surface area contributed by atoms with Gasteiger partial charge in [0.2, 0.25) is 23.6 Å². The van der Waals surface area contributed by atoms with E-state index in [9.17, 15) is 39.0 Å². The second-order valence-electron chi connectivity index (χ2n) is 8.29. The smallest absolute Gasteiger partial charge is 0.326 e. The van der Waals surface area contributed by atoms with Crippen LogP contribution in [-0.2, 0) is 41.6 Å². The van der Waals surface area contributed by atoms with Crippen molar-refractivity contribution in [2.45, 2.75) is 56.3 Å². The van der Waals surface area contributed by atoms with E-state index in [1.54, 1.807) is 0 Å². The first-order valence-electron chi connectivity index (χ1n) is 11.3. The molecule has 0 fully saturated rings. The molecular formula is C21H29N9O8. The molecule has 2 rings (SSSR count). The van der Waals surface area contributed by atoms with Crippen LogP contribution in [0.2, 0.25) is 0 Å². The lowest BCUT2D eigenvalue weighted by atomic mass is 10.1. The fourth-order valence-corrected chi connectivity index (χ4v) is 3.30. The molecule has 0 radical (unpaired) electrons. The maximum absolute atomic E-state index is 13.1. The Kier molecular flexibility index (Phi) is 10.9. The van der Waals surface area contributed by atoms with Crippen molar-refractivity contribution >= 4 is 35.6 Å². The predicted octanol–water partition coefficient (Wildman–Crippen LogP) is -3.48. The van der Waals surface area contributed by atoms with E-state index in [0.29, 0.717) is 11.4 Å². The van der Waals surface area contributed by atoms with E-state index in [-0.39, 0.29) is 25.7 Å². The summed E-state index contributed by atoms with van der Waals surface area (Å²) in [6.07, 6.45) is 3.98. The van der Waals surface area contributed by atoms with E-state index < -0.39 is 66.2 Å². The molecule has 2 aromatic rings. The normalized spacial score (nSPS) is 13.9. The molecule has 0 saturated carbocycles. The summed E-state index contributed by atoms with van der Waals surface area (Å²) in [6, 6.07) is -5.67. The highest BCUT2D eigenvalue weighted by Gasteiger charge is 2.32. The lowest BCUT2D eigenvalue weighted by Crippen LogP contribution is -2.58. The van der Waals surface area contributed by atoms with E-state index in [2.05, 4.69) is 35.9 Å². The number of nitrogens with zero attached hydrogens (tertiary/aromatic N) is 2. The number of nitrogens with one attached hydrogen (secondary N) is 5. The van der Waals surface area contributed by atoms with Crippen molar-refractivity contribution in [3.05, 3.63) is 36.4 Å². The quantitative estimate of drug-likeness (QED) is 0.102. The molecule has 2 heterocycles. The van der Waals surface area contributed by atoms with Gasteiger partial charge in [0, 0.05) is 43.0 Å². The van der Waals surface area contributed by atoms with Crippen LogP contribution >= 0.6 is 0 Å². The summed E-state index contributed by atoms with van der Waals surface area (Å²) < 4.78 is 0. The van der Waals surface area contributed by atoms with Gasteiger partial charge in [0.05, 0.1) is 25.1 Å². The molecule has 2 aromatic heterocycles. The zero-order chi connectivity index (χ0) is 28.2. The van der Waals surface area contributed by atoms with E-state index >= 15 is 0 Å². The Morgan fingerprint density at radius 1 is 0.816 bits per heavy atom. The molecule has 0 spiro atoms. The Bertz CT molecular complexity index is 1120. The van der Waals surface area contributed by atoms with Crippen molar-refractivity contribution in [1.82, 2.24) is 35.9 Å². The Balaban J connectivity index is 2.16. The Hall–Kier alpha value is -4.80. The standard InChI is InChI=1S/C21H29N9O8/c22-12(3-10-6-24-8-26-10)18(34)29-14(4-11-7-25-9-27-11)19(35)30-15(5-17(32)33)20(36)28-13(21(37)38)1-2-16(23)31/h6-9,12-15H,1-5,22H2,(H2,23,31)(H,24,26)(H,25,27)(H,28,36)(H,29,34)(H,30,35)(H,32,33)(H,37,38). The zero-order valence-electron chi connectivity index (χ0n) is 20.0. The van der Waals surface area contributed by atoms with Crippen molar-refractivity contribution in [3.63, 3.8) is 0 Å². The summed E-state index contributed by atoms with van der Waals surface area (Å²) in [5.41, 5.74) is 12.0. The zero-order valence-corrected chi connectivity index (χ0v) is 20.0. The molecule has 0 aliphatic carbocycles. The number of rotatable bonds is 16. The number of aliphatic carboxylic acids is 2. The second kappa shape index (κ2) is 14.1. The molecule has 11 N–H and O–H groups in total. The summed E-state index contributed by atoms with van der Waals surface area (Å²) in [6.45, 7) is 0. The second-order valence-corrected chi connectivity index (χ2v) is 8.29. The number of H-pyrrole nitrogens is 2. The van der Waals surface area contributed by atoms with Crippen LogP contribution in [0, 0.1) is 0 Å². The average molecular weight is 536 g/mol.